The fourth-order valence-electron chi connectivity index (χ4n) is 4.21. The highest BCUT2D eigenvalue weighted by Gasteiger charge is 2.25. The first-order chi connectivity index (χ1) is 13.0. The summed E-state index contributed by atoms with van der Waals surface area (Å²) in [6.45, 7) is 2.25. The van der Waals surface area contributed by atoms with Crippen molar-refractivity contribution in [2.75, 3.05) is 18.9 Å². The van der Waals surface area contributed by atoms with Crippen molar-refractivity contribution < 1.29 is 9.59 Å². The Balaban J connectivity index is 1.50. The van der Waals surface area contributed by atoms with E-state index in [0.717, 1.165) is 47.5 Å². The van der Waals surface area contributed by atoms with Crippen molar-refractivity contribution in [1.29, 1.82) is 0 Å². The zero-order valence-electron chi connectivity index (χ0n) is 16.1. The summed E-state index contributed by atoms with van der Waals surface area (Å²) in [5.74, 6) is 0.0666. The lowest BCUT2D eigenvalue weighted by atomic mass is 9.98. The topological polar surface area (TPSA) is 49.4 Å². The quantitative estimate of drug-likeness (QED) is 0.850. The molecule has 1 aromatic carbocycles. The molecule has 2 aromatic rings. The Kier molecular flexibility index (Phi) is 5.04. The largest absolute Gasteiger partial charge is 0.346 e. The van der Waals surface area contributed by atoms with E-state index in [0.29, 0.717) is 6.54 Å². The summed E-state index contributed by atoms with van der Waals surface area (Å²) in [4.78, 5) is 27.8. The van der Waals surface area contributed by atoms with E-state index in [-0.39, 0.29) is 11.8 Å². The van der Waals surface area contributed by atoms with Gasteiger partial charge in [0.25, 0.3) is 5.91 Å². The van der Waals surface area contributed by atoms with Crippen molar-refractivity contribution in [2.24, 2.45) is 0 Å². The lowest BCUT2D eigenvalue weighted by Crippen LogP contribution is -2.25. The minimum atomic E-state index is 0.000530. The van der Waals surface area contributed by atoms with E-state index >= 15 is 0 Å². The zero-order chi connectivity index (χ0) is 19.0. The van der Waals surface area contributed by atoms with Crippen LogP contribution in [0.15, 0.2) is 18.2 Å². The molecule has 0 spiro atoms. The molecule has 1 N–H and O–H groups in total. The molecule has 1 heterocycles. The smallest absolute Gasteiger partial charge is 0.265 e. The standard InChI is InChI=1S/C22H26N2O2S/c1-14(25)24(2)12-11-17-9-10-20(27-17)22(26)23-21-18-7-3-5-15(18)13-16-6-4-8-19(16)21/h9-10,13H,3-8,11-12H2,1-2H3,(H,23,26). The first-order valence-corrected chi connectivity index (χ1v) is 10.6. The number of carbonyl (C=O) groups excluding carboxylic acids is 2. The van der Waals surface area contributed by atoms with Crippen LogP contribution in [0.3, 0.4) is 0 Å². The number of anilines is 1. The number of benzene rings is 1. The number of amides is 2. The molecule has 2 aliphatic rings. The maximum Gasteiger partial charge on any atom is 0.265 e. The predicted octanol–water partition coefficient (Wildman–Crippen LogP) is 4.00. The number of likely N-dealkylation sites (N-methyl/N-ethyl adjacent to an activating group) is 1. The SMILES string of the molecule is CC(=O)N(C)CCc1ccc(C(=O)Nc2c3c(cc4c2CCC4)CCC3)s1. The van der Waals surface area contributed by atoms with Crippen LogP contribution in [0.5, 0.6) is 0 Å². The number of carbonyl (C=O) groups is 2. The Labute approximate surface area is 164 Å². The Morgan fingerprint density at radius 3 is 2.37 bits per heavy atom. The molecular formula is C22H26N2O2S. The molecule has 27 heavy (non-hydrogen) atoms. The summed E-state index contributed by atoms with van der Waals surface area (Å²) in [5.41, 5.74) is 6.71. The second kappa shape index (κ2) is 7.47. The number of hydrogen-bond donors (Lipinski definition) is 1. The van der Waals surface area contributed by atoms with Crippen molar-refractivity contribution >= 4 is 28.8 Å². The molecule has 5 heteroatoms. The fraction of sp³-hybridized carbons (Fsp3) is 0.455. The third kappa shape index (κ3) is 3.65. The minimum Gasteiger partial charge on any atom is -0.346 e. The van der Waals surface area contributed by atoms with Gasteiger partial charge in [-0.3, -0.25) is 9.59 Å². The van der Waals surface area contributed by atoms with Gasteiger partial charge >= 0.3 is 0 Å². The maximum atomic E-state index is 12.9. The molecule has 142 valence electrons. The molecule has 2 amide bonds. The number of fused-ring (bicyclic) bond motifs is 2. The van der Waals surface area contributed by atoms with Gasteiger partial charge in [0.2, 0.25) is 5.91 Å². The van der Waals surface area contributed by atoms with E-state index in [4.69, 9.17) is 0 Å². The van der Waals surface area contributed by atoms with Crippen LogP contribution in [0.4, 0.5) is 5.69 Å². The van der Waals surface area contributed by atoms with Gasteiger partial charge in [-0.1, -0.05) is 6.07 Å². The van der Waals surface area contributed by atoms with E-state index in [1.807, 2.05) is 12.1 Å². The average Bonchev–Trinajstić information content (AvgIpc) is 3.38. The van der Waals surface area contributed by atoms with Crippen LogP contribution in [-0.2, 0) is 36.9 Å². The number of aryl methyl sites for hydroxylation is 2. The first-order valence-electron chi connectivity index (χ1n) is 9.81. The Hall–Kier alpha value is -2.14. The van der Waals surface area contributed by atoms with Crippen LogP contribution in [0, 0.1) is 0 Å². The molecule has 0 unspecified atom stereocenters. The van der Waals surface area contributed by atoms with Crippen LogP contribution >= 0.6 is 11.3 Å². The summed E-state index contributed by atoms with van der Waals surface area (Å²) in [5, 5.41) is 3.26. The molecule has 0 fully saturated rings. The van der Waals surface area contributed by atoms with Gasteiger partial charge in [0.1, 0.15) is 0 Å². The van der Waals surface area contributed by atoms with Gasteiger partial charge in [-0.15, -0.1) is 11.3 Å². The third-order valence-electron chi connectivity index (χ3n) is 5.83. The van der Waals surface area contributed by atoms with Crippen molar-refractivity contribution in [2.45, 2.75) is 51.9 Å². The van der Waals surface area contributed by atoms with Gasteiger partial charge in [0.15, 0.2) is 0 Å². The molecule has 0 aliphatic heterocycles. The number of nitrogens with one attached hydrogen (secondary N) is 1. The van der Waals surface area contributed by atoms with Gasteiger partial charge in [0, 0.05) is 31.1 Å². The van der Waals surface area contributed by atoms with E-state index < -0.39 is 0 Å². The predicted molar refractivity (Wildman–Crippen MR) is 110 cm³/mol. The Bertz CT molecular complexity index is 868. The van der Waals surface area contributed by atoms with Gasteiger partial charge in [-0.05, 0) is 79.3 Å². The second-order valence-electron chi connectivity index (χ2n) is 7.64. The molecule has 4 rings (SSSR count). The van der Waals surface area contributed by atoms with E-state index in [2.05, 4.69) is 11.4 Å². The molecule has 0 saturated carbocycles. The zero-order valence-corrected chi connectivity index (χ0v) is 16.9. The van der Waals surface area contributed by atoms with Crippen molar-refractivity contribution in [3.05, 3.63) is 50.2 Å². The van der Waals surface area contributed by atoms with Crippen molar-refractivity contribution in [1.82, 2.24) is 4.90 Å². The van der Waals surface area contributed by atoms with Crippen LogP contribution in [0.25, 0.3) is 0 Å². The molecular weight excluding hydrogens is 356 g/mol. The molecule has 1 aromatic heterocycles. The molecule has 0 saturated heterocycles. The monoisotopic (exact) mass is 382 g/mol. The van der Waals surface area contributed by atoms with Gasteiger partial charge in [-0.2, -0.15) is 0 Å². The number of thiophene rings is 1. The summed E-state index contributed by atoms with van der Waals surface area (Å²) in [6.07, 6.45) is 7.58. The normalized spacial score (nSPS) is 14.7. The Morgan fingerprint density at radius 2 is 1.74 bits per heavy atom. The lowest BCUT2D eigenvalue weighted by molar-refractivity contribution is -0.127. The van der Waals surface area contributed by atoms with Crippen LogP contribution in [-0.4, -0.2) is 30.3 Å². The molecule has 0 radical (unpaired) electrons. The van der Waals surface area contributed by atoms with Gasteiger partial charge in [0.05, 0.1) is 4.88 Å². The van der Waals surface area contributed by atoms with E-state index in [1.165, 1.54) is 46.4 Å². The molecule has 0 atom stereocenters. The van der Waals surface area contributed by atoms with Gasteiger partial charge < -0.3 is 10.2 Å². The lowest BCUT2D eigenvalue weighted by Gasteiger charge is -2.15. The summed E-state index contributed by atoms with van der Waals surface area (Å²) < 4.78 is 0. The highest BCUT2D eigenvalue weighted by atomic mass is 32.1. The van der Waals surface area contributed by atoms with Crippen LogP contribution in [0.1, 0.15) is 56.6 Å². The van der Waals surface area contributed by atoms with Gasteiger partial charge in [-0.25, -0.2) is 0 Å². The average molecular weight is 383 g/mol. The number of nitrogens with zero attached hydrogens (tertiary/aromatic N) is 1. The molecule has 2 aliphatic carbocycles. The number of rotatable bonds is 5. The minimum absolute atomic E-state index is 0.000530. The van der Waals surface area contributed by atoms with Crippen LogP contribution < -0.4 is 5.32 Å². The van der Waals surface area contributed by atoms with Crippen molar-refractivity contribution in [3.63, 3.8) is 0 Å². The summed E-state index contributed by atoms with van der Waals surface area (Å²) in [6, 6.07) is 6.30. The maximum absolute atomic E-state index is 12.9. The summed E-state index contributed by atoms with van der Waals surface area (Å²) >= 11 is 1.53. The van der Waals surface area contributed by atoms with Crippen LogP contribution in [0.2, 0.25) is 0 Å². The Morgan fingerprint density at radius 1 is 1.07 bits per heavy atom. The highest BCUT2D eigenvalue weighted by molar-refractivity contribution is 7.14. The third-order valence-corrected chi connectivity index (χ3v) is 6.97. The number of hydrogen-bond acceptors (Lipinski definition) is 3. The summed E-state index contributed by atoms with van der Waals surface area (Å²) in [7, 11) is 1.81. The molecule has 4 nitrogen and oxygen atoms in total. The highest BCUT2D eigenvalue weighted by Crippen LogP contribution is 2.39. The second-order valence-corrected chi connectivity index (χ2v) is 8.81. The van der Waals surface area contributed by atoms with E-state index in [9.17, 15) is 9.59 Å². The first kappa shape index (κ1) is 18.2. The molecule has 0 bridgehead atoms. The fourth-order valence-corrected chi connectivity index (χ4v) is 5.10. The van der Waals surface area contributed by atoms with E-state index in [1.54, 1.807) is 18.9 Å². The van der Waals surface area contributed by atoms with Crippen molar-refractivity contribution in [3.8, 4) is 0 Å².